The van der Waals surface area contributed by atoms with Crippen molar-refractivity contribution in [2.24, 2.45) is 0 Å². The zero-order valence-electron chi connectivity index (χ0n) is 15.0. The molecule has 26 heavy (non-hydrogen) atoms. The fourth-order valence-electron chi connectivity index (χ4n) is 3.46. The summed E-state index contributed by atoms with van der Waals surface area (Å²) in [4.78, 5) is 31.0. The highest BCUT2D eigenvalue weighted by Crippen LogP contribution is 2.27. The number of carbonyl (C=O) groups is 2. The lowest BCUT2D eigenvalue weighted by Gasteiger charge is -2.20. The molecule has 0 radical (unpaired) electrons. The Hall–Kier alpha value is -2.94. The Balaban J connectivity index is 1.80. The van der Waals surface area contributed by atoms with Gasteiger partial charge in [0.1, 0.15) is 6.04 Å². The van der Waals surface area contributed by atoms with Crippen LogP contribution in [0.5, 0.6) is 0 Å². The number of benzene rings is 1. The fraction of sp³-hybridized carbons (Fsp3) is 0.400. The molecule has 1 saturated heterocycles. The monoisotopic (exact) mass is 350 g/mol. The summed E-state index contributed by atoms with van der Waals surface area (Å²) in [6.07, 6.45) is 3.13. The van der Waals surface area contributed by atoms with Gasteiger partial charge in [0.25, 0.3) is 5.91 Å². The molecule has 2 aromatic rings. The largest absolute Gasteiger partial charge is 0.343 e. The molecule has 1 aliphatic heterocycles. The van der Waals surface area contributed by atoms with E-state index < -0.39 is 0 Å². The molecule has 134 valence electrons. The van der Waals surface area contributed by atoms with Gasteiger partial charge in [-0.15, -0.1) is 0 Å². The Bertz CT molecular complexity index is 880. The lowest BCUT2D eigenvalue weighted by molar-refractivity contribution is -0.130. The SMILES string of the molecule is CC(C)c1cccc2nccc(C(=O)NCC(=O)N3CCC[C@H]3C#N)c12. The number of rotatable bonds is 4. The number of hydrogen-bond donors (Lipinski definition) is 1. The third-order valence-electron chi connectivity index (χ3n) is 4.79. The average molecular weight is 350 g/mol. The molecule has 0 spiro atoms. The summed E-state index contributed by atoms with van der Waals surface area (Å²) in [5, 5.41) is 12.6. The molecule has 0 unspecified atom stereocenters. The predicted molar refractivity (Wildman–Crippen MR) is 98.5 cm³/mol. The van der Waals surface area contributed by atoms with Crippen molar-refractivity contribution in [3.63, 3.8) is 0 Å². The molecule has 0 aliphatic carbocycles. The first-order valence-corrected chi connectivity index (χ1v) is 8.88. The Labute approximate surface area is 152 Å². The molecule has 1 atom stereocenters. The van der Waals surface area contributed by atoms with Crippen LogP contribution in [0.3, 0.4) is 0 Å². The van der Waals surface area contributed by atoms with Crippen molar-refractivity contribution < 1.29 is 9.59 Å². The summed E-state index contributed by atoms with van der Waals surface area (Å²) in [5.41, 5.74) is 2.33. The van der Waals surface area contributed by atoms with Gasteiger partial charge in [0.2, 0.25) is 5.91 Å². The zero-order valence-corrected chi connectivity index (χ0v) is 15.0. The molecular formula is C20H22N4O2. The van der Waals surface area contributed by atoms with Crippen molar-refractivity contribution in [3.05, 3.63) is 41.6 Å². The van der Waals surface area contributed by atoms with Crippen LogP contribution in [-0.4, -0.2) is 40.8 Å². The quantitative estimate of drug-likeness (QED) is 0.918. The molecular weight excluding hydrogens is 328 g/mol. The van der Waals surface area contributed by atoms with Gasteiger partial charge in [0.05, 0.1) is 23.7 Å². The van der Waals surface area contributed by atoms with Gasteiger partial charge in [0.15, 0.2) is 0 Å². The van der Waals surface area contributed by atoms with Crippen molar-refractivity contribution in [1.82, 2.24) is 15.2 Å². The number of nitrogens with one attached hydrogen (secondary N) is 1. The normalized spacial score (nSPS) is 16.7. The van der Waals surface area contributed by atoms with Gasteiger partial charge in [-0.05, 0) is 36.5 Å². The first-order chi connectivity index (χ1) is 12.5. The molecule has 1 fully saturated rings. The number of carbonyl (C=O) groups excluding carboxylic acids is 2. The third-order valence-corrected chi connectivity index (χ3v) is 4.79. The molecule has 3 rings (SSSR count). The van der Waals surface area contributed by atoms with Gasteiger partial charge >= 0.3 is 0 Å². The lowest BCUT2D eigenvalue weighted by atomic mass is 9.95. The Morgan fingerprint density at radius 3 is 2.92 bits per heavy atom. The van der Waals surface area contributed by atoms with Crippen LogP contribution in [0.25, 0.3) is 10.9 Å². The van der Waals surface area contributed by atoms with Crippen LogP contribution in [0.15, 0.2) is 30.5 Å². The third kappa shape index (κ3) is 3.38. The Morgan fingerprint density at radius 2 is 2.19 bits per heavy atom. The molecule has 6 heteroatoms. The van der Waals surface area contributed by atoms with Crippen LogP contribution in [0.4, 0.5) is 0 Å². The van der Waals surface area contributed by atoms with E-state index >= 15 is 0 Å². The van der Waals surface area contributed by atoms with E-state index in [4.69, 9.17) is 5.26 Å². The number of nitriles is 1. The Kier molecular flexibility index (Phi) is 5.17. The van der Waals surface area contributed by atoms with E-state index in [9.17, 15) is 9.59 Å². The summed E-state index contributed by atoms with van der Waals surface area (Å²) in [7, 11) is 0. The van der Waals surface area contributed by atoms with E-state index in [2.05, 4.69) is 30.2 Å². The molecule has 1 aromatic carbocycles. The maximum atomic E-state index is 12.7. The van der Waals surface area contributed by atoms with Gasteiger partial charge in [-0.1, -0.05) is 26.0 Å². The number of nitrogens with zero attached hydrogens (tertiary/aromatic N) is 3. The minimum atomic E-state index is -0.381. The van der Waals surface area contributed by atoms with Crippen molar-refractivity contribution in [2.75, 3.05) is 13.1 Å². The van der Waals surface area contributed by atoms with Crippen LogP contribution < -0.4 is 5.32 Å². The minimum absolute atomic E-state index is 0.106. The summed E-state index contributed by atoms with van der Waals surface area (Å²) >= 11 is 0. The van der Waals surface area contributed by atoms with E-state index in [1.165, 1.54) is 0 Å². The average Bonchev–Trinajstić information content (AvgIpc) is 3.13. The second kappa shape index (κ2) is 7.52. The first kappa shape index (κ1) is 17.9. The lowest BCUT2D eigenvalue weighted by Crippen LogP contribution is -2.42. The number of pyridine rings is 1. The van der Waals surface area contributed by atoms with E-state index in [1.807, 2.05) is 18.2 Å². The van der Waals surface area contributed by atoms with Crippen molar-refractivity contribution in [3.8, 4) is 6.07 Å². The highest BCUT2D eigenvalue weighted by molar-refractivity contribution is 6.08. The highest BCUT2D eigenvalue weighted by atomic mass is 16.2. The van der Waals surface area contributed by atoms with Gasteiger partial charge in [-0.2, -0.15) is 5.26 Å². The van der Waals surface area contributed by atoms with Crippen LogP contribution in [0.2, 0.25) is 0 Å². The van der Waals surface area contributed by atoms with Crippen molar-refractivity contribution >= 4 is 22.7 Å². The van der Waals surface area contributed by atoms with Gasteiger partial charge in [0, 0.05) is 18.1 Å². The van der Waals surface area contributed by atoms with E-state index in [-0.39, 0.29) is 30.3 Å². The smallest absolute Gasteiger partial charge is 0.252 e. The minimum Gasteiger partial charge on any atom is -0.343 e. The molecule has 2 heterocycles. The fourth-order valence-corrected chi connectivity index (χ4v) is 3.46. The second-order valence-electron chi connectivity index (χ2n) is 6.81. The summed E-state index contributed by atoms with van der Waals surface area (Å²) in [5.74, 6) is -0.270. The molecule has 0 saturated carbocycles. The highest BCUT2D eigenvalue weighted by Gasteiger charge is 2.28. The molecule has 1 aliphatic rings. The standard InChI is InChI=1S/C20H22N4O2/c1-13(2)15-6-3-7-17-19(15)16(8-9-22-17)20(26)23-12-18(25)24-10-4-5-14(24)11-21/h3,6-9,13-14H,4-5,10,12H2,1-2H3,(H,23,26)/t14-/m0/s1. The maximum absolute atomic E-state index is 12.7. The molecule has 1 N–H and O–H groups in total. The summed E-state index contributed by atoms with van der Waals surface area (Å²) in [6, 6.07) is 9.26. The number of amides is 2. The number of aromatic nitrogens is 1. The van der Waals surface area contributed by atoms with Gasteiger partial charge < -0.3 is 10.2 Å². The van der Waals surface area contributed by atoms with E-state index in [0.717, 1.165) is 22.9 Å². The summed E-state index contributed by atoms with van der Waals surface area (Å²) < 4.78 is 0. The first-order valence-electron chi connectivity index (χ1n) is 8.88. The maximum Gasteiger partial charge on any atom is 0.252 e. The van der Waals surface area contributed by atoms with Crippen LogP contribution in [0.1, 0.15) is 48.5 Å². The van der Waals surface area contributed by atoms with Crippen LogP contribution >= 0.6 is 0 Å². The van der Waals surface area contributed by atoms with Crippen LogP contribution in [0, 0.1) is 11.3 Å². The topological polar surface area (TPSA) is 86.1 Å². The van der Waals surface area contributed by atoms with Crippen molar-refractivity contribution in [1.29, 1.82) is 5.26 Å². The van der Waals surface area contributed by atoms with Crippen LogP contribution in [-0.2, 0) is 4.79 Å². The summed E-state index contributed by atoms with van der Waals surface area (Å²) in [6.45, 7) is 4.61. The molecule has 2 amide bonds. The Morgan fingerprint density at radius 1 is 1.38 bits per heavy atom. The number of fused-ring (bicyclic) bond motifs is 1. The van der Waals surface area contributed by atoms with Gasteiger partial charge in [-0.3, -0.25) is 14.6 Å². The number of likely N-dealkylation sites (tertiary alicyclic amines) is 1. The molecule has 1 aromatic heterocycles. The van der Waals surface area contributed by atoms with E-state index in [1.54, 1.807) is 17.2 Å². The predicted octanol–water partition coefficient (Wildman–Crippen LogP) is 2.60. The van der Waals surface area contributed by atoms with Crippen molar-refractivity contribution in [2.45, 2.75) is 38.6 Å². The molecule has 6 nitrogen and oxygen atoms in total. The number of hydrogen-bond acceptors (Lipinski definition) is 4. The zero-order chi connectivity index (χ0) is 18.7. The second-order valence-corrected chi connectivity index (χ2v) is 6.81. The molecule has 0 bridgehead atoms. The van der Waals surface area contributed by atoms with Gasteiger partial charge in [-0.25, -0.2) is 0 Å². The van der Waals surface area contributed by atoms with E-state index in [0.29, 0.717) is 18.5 Å².